The fraction of sp³-hybridized carbons (Fsp3) is 0.722. The first-order valence-electron chi connectivity index (χ1n) is 9.18. The number of carbonyl (C=O) groups excluding carboxylic acids is 2. The minimum absolute atomic E-state index is 0.0845. The third-order valence-corrected chi connectivity index (χ3v) is 5.30. The van der Waals surface area contributed by atoms with E-state index in [1.807, 2.05) is 11.8 Å². The Balaban J connectivity index is 1.73. The SMILES string of the molecule is COc1c(C(=O)N2CCCC(C(=O)N3CCCCC3)C2)c(C)nn1C. The number of aryl methyl sites for hydroxylation is 2. The van der Waals surface area contributed by atoms with Gasteiger partial charge in [-0.3, -0.25) is 9.59 Å². The molecule has 0 bridgehead atoms. The van der Waals surface area contributed by atoms with E-state index in [1.54, 1.807) is 23.7 Å². The van der Waals surface area contributed by atoms with Gasteiger partial charge >= 0.3 is 0 Å². The van der Waals surface area contributed by atoms with Crippen LogP contribution in [0.4, 0.5) is 0 Å². The second kappa shape index (κ2) is 7.45. The van der Waals surface area contributed by atoms with Crippen molar-refractivity contribution in [2.24, 2.45) is 13.0 Å². The Labute approximate surface area is 148 Å². The number of nitrogens with zero attached hydrogens (tertiary/aromatic N) is 4. The molecule has 2 amide bonds. The first-order chi connectivity index (χ1) is 12.0. The maximum Gasteiger partial charge on any atom is 0.261 e. The summed E-state index contributed by atoms with van der Waals surface area (Å²) in [6.45, 7) is 4.71. The molecule has 138 valence electrons. The van der Waals surface area contributed by atoms with Crippen molar-refractivity contribution in [2.75, 3.05) is 33.3 Å². The van der Waals surface area contributed by atoms with E-state index in [4.69, 9.17) is 4.74 Å². The average molecular weight is 348 g/mol. The third-order valence-electron chi connectivity index (χ3n) is 5.30. The van der Waals surface area contributed by atoms with E-state index >= 15 is 0 Å². The number of hydrogen-bond acceptors (Lipinski definition) is 4. The van der Waals surface area contributed by atoms with Gasteiger partial charge in [-0.2, -0.15) is 5.10 Å². The fourth-order valence-corrected chi connectivity index (χ4v) is 4.01. The lowest BCUT2D eigenvalue weighted by Crippen LogP contribution is -2.48. The highest BCUT2D eigenvalue weighted by molar-refractivity contribution is 5.98. The number of rotatable bonds is 3. The van der Waals surface area contributed by atoms with Crippen LogP contribution in [0.1, 0.15) is 48.2 Å². The average Bonchev–Trinajstić information content (AvgIpc) is 2.94. The van der Waals surface area contributed by atoms with E-state index in [1.165, 1.54) is 6.42 Å². The number of likely N-dealkylation sites (tertiary alicyclic amines) is 2. The van der Waals surface area contributed by atoms with E-state index in [0.29, 0.717) is 30.2 Å². The Morgan fingerprint density at radius 1 is 1.08 bits per heavy atom. The molecule has 3 heterocycles. The number of methoxy groups -OCH3 is 1. The monoisotopic (exact) mass is 348 g/mol. The highest BCUT2D eigenvalue weighted by atomic mass is 16.5. The van der Waals surface area contributed by atoms with Crippen LogP contribution >= 0.6 is 0 Å². The molecular formula is C18H28N4O3. The fourth-order valence-electron chi connectivity index (χ4n) is 4.01. The molecule has 1 unspecified atom stereocenters. The van der Waals surface area contributed by atoms with Crippen molar-refractivity contribution in [3.8, 4) is 5.88 Å². The molecule has 0 radical (unpaired) electrons. The van der Waals surface area contributed by atoms with Crippen LogP contribution < -0.4 is 4.74 Å². The van der Waals surface area contributed by atoms with Gasteiger partial charge in [0.1, 0.15) is 5.56 Å². The summed E-state index contributed by atoms with van der Waals surface area (Å²) >= 11 is 0. The molecule has 0 aromatic carbocycles. The predicted molar refractivity (Wildman–Crippen MR) is 93.6 cm³/mol. The van der Waals surface area contributed by atoms with Gasteiger partial charge in [0.05, 0.1) is 18.7 Å². The van der Waals surface area contributed by atoms with Gasteiger partial charge in [0, 0.05) is 33.2 Å². The molecule has 2 aliphatic rings. The van der Waals surface area contributed by atoms with E-state index in [-0.39, 0.29) is 17.7 Å². The molecule has 0 spiro atoms. The van der Waals surface area contributed by atoms with E-state index in [2.05, 4.69) is 5.10 Å². The lowest BCUT2D eigenvalue weighted by atomic mass is 9.95. The van der Waals surface area contributed by atoms with E-state index < -0.39 is 0 Å². The Kier molecular flexibility index (Phi) is 5.30. The minimum Gasteiger partial charge on any atom is -0.481 e. The number of piperidine rings is 2. The lowest BCUT2D eigenvalue weighted by molar-refractivity contribution is -0.137. The molecule has 0 N–H and O–H groups in total. The highest BCUT2D eigenvalue weighted by Crippen LogP contribution is 2.27. The number of aromatic nitrogens is 2. The molecular weight excluding hydrogens is 320 g/mol. The number of amides is 2. The number of ether oxygens (including phenoxy) is 1. The van der Waals surface area contributed by atoms with Crippen molar-refractivity contribution in [3.63, 3.8) is 0 Å². The molecule has 25 heavy (non-hydrogen) atoms. The van der Waals surface area contributed by atoms with Gasteiger partial charge in [0.25, 0.3) is 5.91 Å². The van der Waals surface area contributed by atoms with E-state index in [0.717, 1.165) is 38.8 Å². The first kappa shape index (κ1) is 17.8. The summed E-state index contributed by atoms with van der Waals surface area (Å²) in [5.41, 5.74) is 1.17. The van der Waals surface area contributed by atoms with Crippen LogP contribution in [0.5, 0.6) is 5.88 Å². The normalized spacial score (nSPS) is 21.3. The zero-order valence-electron chi connectivity index (χ0n) is 15.5. The number of carbonyl (C=O) groups is 2. The Morgan fingerprint density at radius 3 is 2.44 bits per heavy atom. The van der Waals surface area contributed by atoms with Crippen LogP contribution in [-0.4, -0.2) is 64.7 Å². The molecule has 1 aromatic rings. The van der Waals surface area contributed by atoms with Crippen molar-refractivity contribution in [3.05, 3.63) is 11.3 Å². The maximum absolute atomic E-state index is 13.0. The zero-order valence-corrected chi connectivity index (χ0v) is 15.5. The van der Waals surface area contributed by atoms with Crippen molar-refractivity contribution in [1.29, 1.82) is 0 Å². The zero-order chi connectivity index (χ0) is 18.0. The second-order valence-corrected chi connectivity index (χ2v) is 7.07. The molecule has 0 saturated carbocycles. The van der Waals surface area contributed by atoms with Crippen LogP contribution in [0.25, 0.3) is 0 Å². The molecule has 7 nitrogen and oxygen atoms in total. The van der Waals surface area contributed by atoms with E-state index in [9.17, 15) is 9.59 Å². The van der Waals surface area contributed by atoms with Gasteiger partial charge in [-0.05, 0) is 39.0 Å². The Morgan fingerprint density at radius 2 is 1.76 bits per heavy atom. The van der Waals surface area contributed by atoms with Crippen molar-refractivity contribution in [1.82, 2.24) is 19.6 Å². The molecule has 2 aliphatic heterocycles. The molecule has 7 heteroatoms. The summed E-state index contributed by atoms with van der Waals surface area (Å²) in [6, 6.07) is 0. The summed E-state index contributed by atoms with van der Waals surface area (Å²) in [4.78, 5) is 29.6. The topological polar surface area (TPSA) is 67.7 Å². The van der Waals surface area contributed by atoms with Gasteiger partial charge in [0.15, 0.2) is 0 Å². The lowest BCUT2D eigenvalue weighted by Gasteiger charge is -2.36. The standard InChI is InChI=1S/C18H28N4O3/c1-13-15(18(25-3)20(2)19-13)17(24)22-11-7-8-14(12-22)16(23)21-9-5-4-6-10-21/h14H,4-12H2,1-3H3. The molecule has 1 aromatic heterocycles. The molecule has 2 fully saturated rings. The highest BCUT2D eigenvalue weighted by Gasteiger charge is 2.34. The van der Waals surface area contributed by atoms with Crippen LogP contribution in [0.15, 0.2) is 0 Å². The molecule has 1 atom stereocenters. The summed E-state index contributed by atoms with van der Waals surface area (Å²) in [5.74, 6) is 0.524. The molecule has 0 aliphatic carbocycles. The molecule has 3 rings (SSSR count). The summed E-state index contributed by atoms with van der Waals surface area (Å²) < 4.78 is 6.94. The first-order valence-corrected chi connectivity index (χ1v) is 9.18. The Hall–Kier alpha value is -2.05. The molecule has 2 saturated heterocycles. The van der Waals surface area contributed by atoms with Gasteiger partial charge in [-0.15, -0.1) is 0 Å². The van der Waals surface area contributed by atoms with Gasteiger partial charge in [-0.1, -0.05) is 0 Å². The van der Waals surface area contributed by atoms with Crippen molar-refractivity contribution >= 4 is 11.8 Å². The van der Waals surface area contributed by atoms with Crippen LogP contribution in [-0.2, 0) is 11.8 Å². The quantitative estimate of drug-likeness (QED) is 0.832. The van der Waals surface area contributed by atoms with Crippen LogP contribution in [0.3, 0.4) is 0 Å². The summed E-state index contributed by atoms with van der Waals surface area (Å²) in [6.07, 6.45) is 5.11. The maximum atomic E-state index is 13.0. The summed E-state index contributed by atoms with van der Waals surface area (Å²) in [7, 11) is 3.31. The van der Waals surface area contributed by atoms with Crippen LogP contribution in [0.2, 0.25) is 0 Å². The third kappa shape index (κ3) is 3.50. The predicted octanol–water partition coefficient (Wildman–Crippen LogP) is 1.60. The smallest absolute Gasteiger partial charge is 0.261 e. The van der Waals surface area contributed by atoms with Crippen LogP contribution in [0, 0.1) is 12.8 Å². The minimum atomic E-state index is -0.0846. The largest absolute Gasteiger partial charge is 0.481 e. The van der Waals surface area contributed by atoms with Gasteiger partial charge in [0.2, 0.25) is 11.8 Å². The Bertz CT molecular complexity index is 649. The number of hydrogen-bond donors (Lipinski definition) is 0. The van der Waals surface area contributed by atoms with Gasteiger partial charge in [-0.25, -0.2) is 4.68 Å². The van der Waals surface area contributed by atoms with Gasteiger partial charge < -0.3 is 14.5 Å². The van der Waals surface area contributed by atoms with Crippen molar-refractivity contribution in [2.45, 2.75) is 39.0 Å². The summed E-state index contributed by atoms with van der Waals surface area (Å²) in [5, 5.41) is 4.29. The van der Waals surface area contributed by atoms with Crippen molar-refractivity contribution < 1.29 is 14.3 Å². The second-order valence-electron chi connectivity index (χ2n) is 7.07.